The van der Waals surface area contributed by atoms with Crippen molar-refractivity contribution in [1.29, 1.82) is 0 Å². The highest BCUT2D eigenvalue weighted by Crippen LogP contribution is 2.31. The van der Waals surface area contributed by atoms with Crippen LogP contribution in [0.25, 0.3) is 21.7 Å². The van der Waals surface area contributed by atoms with Crippen molar-refractivity contribution in [3.63, 3.8) is 0 Å². The topological polar surface area (TPSA) is 22.1 Å². The molecule has 0 unspecified atom stereocenters. The minimum absolute atomic E-state index is 0.0296. The molecule has 0 aliphatic rings. The summed E-state index contributed by atoms with van der Waals surface area (Å²) in [6, 6.07) is 12.4. The molecular weight excluding hydrogens is 241 g/mol. The van der Waals surface area contributed by atoms with E-state index < -0.39 is 0 Å². The van der Waals surface area contributed by atoms with Gasteiger partial charge in [0.05, 0.1) is 11.6 Å². The van der Waals surface area contributed by atoms with Crippen molar-refractivity contribution in [3.8, 4) is 5.88 Å². The first-order valence-corrected chi connectivity index (χ1v) is 6.30. The monoisotopic (exact) mass is 255 g/mol. The highest BCUT2D eigenvalue weighted by Gasteiger charge is 2.11. The molecule has 0 bridgehead atoms. The molecule has 0 N–H and O–H groups in total. The average molecular weight is 255 g/mol. The van der Waals surface area contributed by atoms with E-state index in [2.05, 4.69) is 4.98 Å². The van der Waals surface area contributed by atoms with Gasteiger partial charge >= 0.3 is 0 Å². The average Bonchev–Trinajstić information content (AvgIpc) is 2.38. The van der Waals surface area contributed by atoms with Gasteiger partial charge in [-0.2, -0.15) is 0 Å². The lowest BCUT2D eigenvalue weighted by atomic mass is 10.1. The molecule has 2 aromatic carbocycles. The molecule has 0 aliphatic heterocycles. The zero-order valence-electron chi connectivity index (χ0n) is 10.9. The van der Waals surface area contributed by atoms with Crippen molar-refractivity contribution in [2.24, 2.45) is 0 Å². The Morgan fingerprint density at radius 1 is 1.00 bits per heavy atom. The summed E-state index contributed by atoms with van der Waals surface area (Å²) in [5.41, 5.74) is 0.816. The Bertz CT molecular complexity index is 752. The van der Waals surface area contributed by atoms with E-state index in [0.717, 1.165) is 21.7 Å². The molecule has 0 aliphatic carbocycles. The Morgan fingerprint density at radius 2 is 1.79 bits per heavy atom. The first kappa shape index (κ1) is 11.9. The lowest BCUT2D eigenvalue weighted by Crippen LogP contribution is -2.07. The van der Waals surface area contributed by atoms with Crippen LogP contribution in [0.4, 0.5) is 4.39 Å². The van der Waals surface area contributed by atoms with Gasteiger partial charge in [-0.05, 0) is 43.5 Å². The number of ether oxygens (including phenoxy) is 1. The summed E-state index contributed by atoms with van der Waals surface area (Å²) < 4.78 is 19.2. The highest BCUT2D eigenvalue weighted by atomic mass is 19.1. The molecule has 0 amide bonds. The Kier molecular flexibility index (Phi) is 2.82. The van der Waals surface area contributed by atoms with Gasteiger partial charge in [0.1, 0.15) is 5.82 Å². The van der Waals surface area contributed by atoms with Crippen molar-refractivity contribution in [2.45, 2.75) is 20.0 Å². The Hall–Kier alpha value is -2.16. The standard InChI is InChI=1S/C16H14FNO/c1-10(2)19-16-13-8-7-11(17)9-14(13)12-5-3-4-6-15(12)18-16/h3-10H,1-2H3. The lowest BCUT2D eigenvalue weighted by molar-refractivity contribution is 0.237. The van der Waals surface area contributed by atoms with Crippen LogP contribution in [0.2, 0.25) is 0 Å². The van der Waals surface area contributed by atoms with Gasteiger partial charge in [0.25, 0.3) is 0 Å². The zero-order chi connectivity index (χ0) is 13.4. The van der Waals surface area contributed by atoms with Gasteiger partial charge in [-0.25, -0.2) is 9.37 Å². The summed E-state index contributed by atoms with van der Waals surface area (Å²) >= 11 is 0. The van der Waals surface area contributed by atoms with Crippen LogP contribution in [0.3, 0.4) is 0 Å². The summed E-state index contributed by atoms with van der Waals surface area (Å²) in [5.74, 6) is 0.308. The molecule has 96 valence electrons. The summed E-state index contributed by atoms with van der Waals surface area (Å²) in [5, 5.41) is 2.61. The second-order valence-corrected chi connectivity index (χ2v) is 4.79. The molecule has 1 aromatic heterocycles. The van der Waals surface area contributed by atoms with E-state index in [0.29, 0.717) is 5.88 Å². The number of fused-ring (bicyclic) bond motifs is 3. The van der Waals surface area contributed by atoms with Crippen molar-refractivity contribution < 1.29 is 9.13 Å². The highest BCUT2D eigenvalue weighted by molar-refractivity contribution is 6.07. The molecule has 2 nitrogen and oxygen atoms in total. The molecule has 3 aromatic rings. The van der Waals surface area contributed by atoms with Gasteiger partial charge in [0, 0.05) is 10.8 Å². The number of hydrogen-bond donors (Lipinski definition) is 0. The maximum atomic E-state index is 13.5. The predicted octanol–water partition coefficient (Wildman–Crippen LogP) is 4.31. The second kappa shape index (κ2) is 4.50. The number of halogens is 1. The number of hydrogen-bond acceptors (Lipinski definition) is 2. The van der Waals surface area contributed by atoms with Crippen LogP contribution in [0.1, 0.15) is 13.8 Å². The summed E-state index contributed by atoms with van der Waals surface area (Å²) in [6.45, 7) is 3.90. The third-order valence-corrected chi connectivity index (χ3v) is 2.98. The normalized spacial score (nSPS) is 11.4. The van der Waals surface area contributed by atoms with E-state index in [1.165, 1.54) is 12.1 Å². The zero-order valence-corrected chi connectivity index (χ0v) is 10.9. The third kappa shape index (κ3) is 2.12. The van der Waals surface area contributed by atoms with E-state index in [9.17, 15) is 4.39 Å². The predicted molar refractivity (Wildman–Crippen MR) is 75.0 cm³/mol. The molecule has 1 heterocycles. The Labute approximate surface area is 110 Å². The SMILES string of the molecule is CC(C)Oc1nc2ccccc2c2cc(F)ccc12. The van der Waals surface area contributed by atoms with Gasteiger partial charge < -0.3 is 4.74 Å². The molecular formula is C16H14FNO. The van der Waals surface area contributed by atoms with Crippen LogP contribution >= 0.6 is 0 Å². The summed E-state index contributed by atoms with van der Waals surface area (Å²) in [6.07, 6.45) is 0.0296. The van der Waals surface area contributed by atoms with Gasteiger partial charge in [-0.1, -0.05) is 18.2 Å². The molecule has 0 saturated carbocycles. The maximum Gasteiger partial charge on any atom is 0.222 e. The van der Waals surface area contributed by atoms with Crippen LogP contribution < -0.4 is 4.74 Å². The number of pyridine rings is 1. The fourth-order valence-corrected chi connectivity index (χ4v) is 2.21. The minimum Gasteiger partial charge on any atom is -0.474 e. The first-order valence-electron chi connectivity index (χ1n) is 6.30. The maximum absolute atomic E-state index is 13.5. The number of nitrogens with zero attached hydrogens (tertiary/aromatic N) is 1. The van der Waals surface area contributed by atoms with E-state index in [1.807, 2.05) is 38.1 Å². The smallest absolute Gasteiger partial charge is 0.222 e. The molecule has 0 saturated heterocycles. The van der Waals surface area contributed by atoms with E-state index in [1.54, 1.807) is 6.07 Å². The molecule has 19 heavy (non-hydrogen) atoms. The lowest BCUT2D eigenvalue weighted by Gasteiger charge is -2.13. The van der Waals surface area contributed by atoms with Crippen molar-refractivity contribution in [2.75, 3.05) is 0 Å². The molecule has 0 spiro atoms. The number of rotatable bonds is 2. The molecule has 0 fully saturated rings. The van der Waals surface area contributed by atoms with Gasteiger partial charge in [-0.15, -0.1) is 0 Å². The van der Waals surface area contributed by atoms with Crippen LogP contribution in [0.15, 0.2) is 42.5 Å². The van der Waals surface area contributed by atoms with Crippen LogP contribution in [0, 0.1) is 5.82 Å². The number of para-hydroxylation sites is 1. The molecule has 3 rings (SSSR count). The second-order valence-electron chi connectivity index (χ2n) is 4.79. The quantitative estimate of drug-likeness (QED) is 0.636. The van der Waals surface area contributed by atoms with Gasteiger partial charge in [-0.3, -0.25) is 0 Å². The van der Waals surface area contributed by atoms with Crippen LogP contribution in [0.5, 0.6) is 5.88 Å². The largest absolute Gasteiger partial charge is 0.474 e. The fraction of sp³-hybridized carbons (Fsp3) is 0.188. The van der Waals surface area contributed by atoms with Gasteiger partial charge in [0.2, 0.25) is 5.88 Å². The summed E-state index contributed by atoms with van der Waals surface area (Å²) in [4.78, 5) is 4.53. The van der Waals surface area contributed by atoms with E-state index in [-0.39, 0.29) is 11.9 Å². The molecule has 0 atom stereocenters. The minimum atomic E-state index is -0.251. The molecule has 0 radical (unpaired) electrons. The van der Waals surface area contributed by atoms with Crippen molar-refractivity contribution in [1.82, 2.24) is 4.98 Å². The number of aromatic nitrogens is 1. The Morgan fingerprint density at radius 3 is 2.58 bits per heavy atom. The van der Waals surface area contributed by atoms with Crippen molar-refractivity contribution in [3.05, 3.63) is 48.3 Å². The number of benzene rings is 2. The molecule has 3 heteroatoms. The summed E-state index contributed by atoms with van der Waals surface area (Å²) in [7, 11) is 0. The third-order valence-electron chi connectivity index (χ3n) is 2.98. The Balaban J connectivity index is 2.41. The first-order chi connectivity index (χ1) is 9.15. The van der Waals surface area contributed by atoms with Crippen LogP contribution in [-0.4, -0.2) is 11.1 Å². The fourth-order valence-electron chi connectivity index (χ4n) is 2.21. The van der Waals surface area contributed by atoms with Gasteiger partial charge in [0.15, 0.2) is 0 Å². The van der Waals surface area contributed by atoms with E-state index in [4.69, 9.17) is 4.74 Å². The van der Waals surface area contributed by atoms with Crippen LogP contribution in [-0.2, 0) is 0 Å². The van der Waals surface area contributed by atoms with Crippen molar-refractivity contribution >= 4 is 21.7 Å². The van der Waals surface area contributed by atoms with E-state index >= 15 is 0 Å².